The van der Waals surface area contributed by atoms with Gasteiger partial charge in [-0.25, -0.2) is 0 Å². The smallest absolute Gasteiger partial charge is 0.282 e. The Morgan fingerprint density at radius 2 is 1.91 bits per heavy atom. The van der Waals surface area contributed by atoms with Crippen molar-refractivity contribution < 1.29 is 9.69 Å². The van der Waals surface area contributed by atoms with Crippen LogP contribution in [0.4, 0.5) is 5.69 Å². The summed E-state index contributed by atoms with van der Waals surface area (Å²) in [5.74, 6) is 0.907. The number of likely N-dealkylation sites (tertiary alicyclic amines) is 1. The summed E-state index contributed by atoms with van der Waals surface area (Å²) >= 11 is 0. The second kappa shape index (κ2) is 7.28. The molecule has 3 nitrogen and oxygen atoms in total. The van der Waals surface area contributed by atoms with Crippen LogP contribution in [0, 0.1) is 26.7 Å². The summed E-state index contributed by atoms with van der Waals surface area (Å²) in [5.41, 5.74) is 4.57. The van der Waals surface area contributed by atoms with E-state index < -0.39 is 0 Å². The molecule has 1 aliphatic rings. The van der Waals surface area contributed by atoms with E-state index in [4.69, 9.17) is 0 Å². The minimum absolute atomic E-state index is 0.124. The van der Waals surface area contributed by atoms with Gasteiger partial charge in [0, 0.05) is 18.5 Å². The molecule has 0 saturated carbocycles. The highest BCUT2D eigenvalue weighted by molar-refractivity contribution is 5.95. The SMILES string of the molecule is Cc1cc(C)c(NC(=O)C2CCC[NH+]2CCC(C)C)c(C)c1. The first-order valence-electron chi connectivity index (χ1n) is 8.61. The lowest BCUT2D eigenvalue weighted by molar-refractivity contribution is -0.903. The third-order valence-electron chi connectivity index (χ3n) is 4.77. The standard InChI is InChI=1S/C19H30N2O/c1-13(2)8-10-21-9-6-7-17(21)19(22)20-18-15(4)11-14(3)12-16(18)5/h11-13,17H,6-10H2,1-5H3,(H,20,22)/p+1. The number of rotatable bonds is 5. The van der Waals surface area contributed by atoms with Gasteiger partial charge in [0.25, 0.3) is 5.91 Å². The number of hydrogen-bond acceptors (Lipinski definition) is 1. The number of benzene rings is 1. The summed E-state index contributed by atoms with van der Waals surface area (Å²) in [7, 11) is 0. The highest BCUT2D eigenvalue weighted by Gasteiger charge is 2.34. The van der Waals surface area contributed by atoms with E-state index in [2.05, 4.69) is 52.1 Å². The van der Waals surface area contributed by atoms with Gasteiger partial charge in [-0.1, -0.05) is 31.5 Å². The molecule has 122 valence electrons. The van der Waals surface area contributed by atoms with E-state index in [1.54, 1.807) is 0 Å². The first-order valence-corrected chi connectivity index (χ1v) is 8.61. The average Bonchev–Trinajstić information content (AvgIpc) is 2.88. The van der Waals surface area contributed by atoms with Crippen LogP contribution in [-0.2, 0) is 4.79 Å². The maximum atomic E-state index is 12.7. The highest BCUT2D eigenvalue weighted by atomic mass is 16.2. The molecule has 1 aromatic carbocycles. The van der Waals surface area contributed by atoms with Crippen molar-refractivity contribution in [1.29, 1.82) is 0 Å². The molecule has 3 heteroatoms. The monoisotopic (exact) mass is 303 g/mol. The lowest BCUT2D eigenvalue weighted by Crippen LogP contribution is -3.15. The molecule has 1 heterocycles. The minimum Gasteiger partial charge on any atom is -0.325 e. The number of carbonyl (C=O) groups excluding carboxylic acids is 1. The van der Waals surface area contributed by atoms with E-state index in [1.807, 2.05) is 0 Å². The molecule has 2 atom stereocenters. The summed E-state index contributed by atoms with van der Waals surface area (Å²) in [6.07, 6.45) is 3.38. The molecule has 1 aromatic rings. The summed E-state index contributed by atoms with van der Waals surface area (Å²) in [5, 5.41) is 3.21. The third kappa shape index (κ3) is 4.10. The van der Waals surface area contributed by atoms with Gasteiger partial charge >= 0.3 is 0 Å². The fraction of sp³-hybridized carbons (Fsp3) is 0.632. The van der Waals surface area contributed by atoms with Crippen molar-refractivity contribution in [3.05, 3.63) is 28.8 Å². The van der Waals surface area contributed by atoms with Crippen molar-refractivity contribution in [3.8, 4) is 0 Å². The Morgan fingerprint density at radius 3 is 2.50 bits per heavy atom. The normalized spacial score (nSPS) is 21.4. The van der Waals surface area contributed by atoms with Gasteiger partial charge in [-0.05, 0) is 44.2 Å². The van der Waals surface area contributed by atoms with Gasteiger partial charge < -0.3 is 10.2 Å². The molecule has 0 bridgehead atoms. The first kappa shape index (κ1) is 17.0. The largest absolute Gasteiger partial charge is 0.325 e. The Labute approximate surface area is 135 Å². The number of aryl methyl sites for hydroxylation is 3. The number of carbonyl (C=O) groups is 1. The zero-order valence-electron chi connectivity index (χ0n) is 14.8. The molecular weight excluding hydrogens is 272 g/mol. The molecule has 2 unspecified atom stereocenters. The Morgan fingerprint density at radius 1 is 1.27 bits per heavy atom. The van der Waals surface area contributed by atoms with Crippen LogP contribution in [0.1, 0.15) is 49.8 Å². The maximum absolute atomic E-state index is 12.7. The molecule has 2 N–H and O–H groups in total. The Kier molecular flexibility index (Phi) is 5.63. The van der Waals surface area contributed by atoms with E-state index in [0.29, 0.717) is 5.92 Å². The van der Waals surface area contributed by atoms with Gasteiger partial charge in [0.15, 0.2) is 6.04 Å². The van der Waals surface area contributed by atoms with Crippen molar-refractivity contribution in [2.75, 3.05) is 18.4 Å². The fourth-order valence-electron chi connectivity index (χ4n) is 3.59. The molecule has 1 amide bonds. The predicted octanol–water partition coefficient (Wildman–Crippen LogP) is 2.64. The fourth-order valence-corrected chi connectivity index (χ4v) is 3.59. The van der Waals surface area contributed by atoms with Gasteiger partial charge in [-0.15, -0.1) is 0 Å². The summed E-state index contributed by atoms with van der Waals surface area (Å²) < 4.78 is 0. The molecule has 0 spiro atoms. The van der Waals surface area contributed by atoms with Crippen molar-refractivity contribution in [2.24, 2.45) is 5.92 Å². The van der Waals surface area contributed by atoms with E-state index >= 15 is 0 Å². The first-order chi connectivity index (χ1) is 10.4. The van der Waals surface area contributed by atoms with Gasteiger partial charge in [0.05, 0.1) is 13.1 Å². The summed E-state index contributed by atoms with van der Waals surface area (Å²) in [4.78, 5) is 14.2. The van der Waals surface area contributed by atoms with E-state index in [9.17, 15) is 4.79 Å². The maximum Gasteiger partial charge on any atom is 0.282 e. The molecule has 22 heavy (non-hydrogen) atoms. The average molecular weight is 303 g/mol. The van der Waals surface area contributed by atoms with Gasteiger partial charge in [0.1, 0.15) is 0 Å². The van der Waals surface area contributed by atoms with Gasteiger partial charge in [0.2, 0.25) is 0 Å². The zero-order chi connectivity index (χ0) is 16.3. The molecular formula is C19H31N2O+. The minimum atomic E-state index is 0.124. The summed E-state index contributed by atoms with van der Waals surface area (Å²) in [6, 6.07) is 4.40. The van der Waals surface area contributed by atoms with E-state index in [-0.39, 0.29) is 11.9 Å². The lowest BCUT2D eigenvalue weighted by Gasteiger charge is -2.22. The molecule has 0 aromatic heterocycles. The van der Waals surface area contributed by atoms with Crippen LogP contribution in [0.5, 0.6) is 0 Å². The van der Waals surface area contributed by atoms with Gasteiger partial charge in [-0.2, -0.15) is 0 Å². The Balaban J connectivity index is 2.05. The molecule has 1 saturated heterocycles. The van der Waals surface area contributed by atoms with Crippen LogP contribution in [0.25, 0.3) is 0 Å². The quantitative estimate of drug-likeness (QED) is 0.861. The zero-order valence-corrected chi connectivity index (χ0v) is 14.8. The molecule has 2 rings (SSSR count). The van der Waals surface area contributed by atoms with Crippen molar-refractivity contribution >= 4 is 11.6 Å². The van der Waals surface area contributed by atoms with Crippen molar-refractivity contribution in [1.82, 2.24) is 0 Å². The molecule has 1 aliphatic heterocycles. The highest BCUT2D eigenvalue weighted by Crippen LogP contribution is 2.22. The predicted molar refractivity (Wildman–Crippen MR) is 92.5 cm³/mol. The van der Waals surface area contributed by atoms with Crippen LogP contribution in [-0.4, -0.2) is 25.0 Å². The number of nitrogens with one attached hydrogen (secondary N) is 2. The molecule has 1 fully saturated rings. The van der Waals surface area contributed by atoms with Crippen LogP contribution in [0.3, 0.4) is 0 Å². The third-order valence-corrected chi connectivity index (χ3v) is 4.77. The topological polar surface area (TPSA) is 33.5 Å². The second-order valence-electron chi connectivity index (χ2n) is 7.30. The Bertz CT molecular complexity index is 513. The van der Waals surface area contributed by atoms with Crippen molar-refractivity contribution in [2.45, 2.75) is 59.9 Å². The van der Waals surface area contributed by atoms with E-state index in [1.165, 1.54) is 16.9 Å². The van der Waals surface area contributed by atoms with Gasteiger partial charge in [-0.3, -0.25) is 4.79 Å². The summed E-state index contributed by atoms with van der Waals surface area (Å²) in [6.45, 7) is 13.0. The molecule has 0 radical (unpaired) electrons. The van der Waals surface area contributed by atoms with Crippen LogP contribution in [0.15, 0.2) is 12.1 Å². The van der Waals surface area contributed by atoms with Crippen LogP contribution < -0.4 is 10.2 Å². The van der Waals surface area contributed by atoms with Crippen LogP contribution in [0.2, 0.25) is 0 Å². The lowest BCUT2D eigenvalue weighted by atomic mass is 10.0. The number of anilines is 1. The van der Waals surface area contributed by atoms with Crippen LogP contribution >= 0.6 is 0 Å². The number of amides is 1. The molecule has 0 aliphatic carbocycles. The Hall–Kier alpha value is -1.35. The van der Waals surface area contributed by atoms with E-state index in [0.717, 1.165) is 42.7 Å². The number of quaternary nitrogens is 1. The van der Waals surface area contributed by atoms with Crippen molar-refractivity contribution in [3.63, 3.8) is 0 Å². The number of hydrogen-bond donors (Lipinski definition) is 2. The second-order valence-corrected chi connectivity index (χ2v) is 7.30.